The zero-order chi connectivity index (χ0) is 36.8. The second-order valence-corrected chi connectivity index (χ2v) is 12.9. The van der Waals surface area contributed by atoms with Gasteiger partial charge in [-0.25, -0.2) is 0 Å². The number of nitriles is 2. The van der Waals surface area contributed by atoms with Crippen molar-refractivity contribution in [1.82, 2.24) is 29.7 Å². The molecule has 0 radical (unpaired) electrons. The van der Waals surface area contributed by atoms with Gasteiger partial charge in [0.2, 0.25) is 0 Å². The SMILES string of the molecule is CC1=CC(=C(C#N)C#N)C=C(CCc2cc(CN(Cc3ccccn3)Cc3ccccn3)c(O)c(CN(Cc3ccccn3)Cc3ccccn3)c2)O1. The maximum absolute atomic E-state index is 12.1. The zero-order valence-corrected chi connectivity index (χ0v) is 29.6. The quantitative estimate of drug-likeness (QED) is 0.110. The molecule has 4 aromatic heterocycles. The van der Waals surface area contributed by atoms with Crippen LogP contribution in [0.2, 0.25) is 0 Å². The van der Waals surface area contributed by atoms with Crippen molar-refractivity contribution >= 4 is 0 Å². The summed E-state index contributed by atoms with van der Waals surface area (Å²) in [6, 6.07) is 31.6. The fourth-order valence-corrected chi connectivity index (χ4v) is 6.31. The van der Waals surface area contributed by atoms with E-state index >= 15 is 0 Å². The Balaban J connectivity index is 1.35. The molecule has 1 aromatic carbocycles. The van der Waals surface area contributed by atoms with Gasteiger partial charge in [-0.1, -0.05) is 36.4 Å². The predicted molar refractivity (Wildman–Crippen MR) is 200 cm³/mol. The number of allylic oxidation sites excluding steroid dienone is 6. The van der Waals surface area contributed by atoms with Crippen LogP contribution in [-0.4, -0.2) is 34.8 Å². The molecular weight excluding hydrogens is 661 g/mol. The molecule has 1 aliphatic rings. The summed E-state index contributed by atoms with van der Waals surface area (Å²) < 4.78 is 6.03. The Hall–Kier alpha value is -6.46. The Bertz CT molecular complexity index is 1950. The van der Waals surface area contributed by atoms with Gasteiger partial charge in [-0.15, -0.1) is 0 Å². The molecule has 0 atom stereocenters. The van der Waals surface area contributed by atoms with E-state index in [0.717, 1.165) is 39.5 Å². The second-order valence-electron chi connectivity index (χ2n) is 12.9. The molecule has 6 rings (SSSR count). The first-order chi connectivity index (χ1) is 25.9. The average Bonchev–Trinajstić information content (AvgIpc) is 3.17. The molecule has 53 heavy (non-hydrogen) atoms. The standard InChI is InChI=1S/C43H40N8O2/c1-32-20-34(37(24-44)25-45)23-42(53-32)15-14-33-21-35(26-50(28-38-10-2-6-16-46-38)29-39-11-3-7-17-47-39)43(52)36(22-33)27-51(30-40-12-4-8-18-48-40)31-41-13-5-9-19-49-41/h2-13,16-23,52H,14-15,26-31H2,1H3. The Morgan fingerprint density at radius 1 is 0.623 bits per heavy atom. The van der Waals surface area contributed by atoms with Crippen molar-refractivity contribution in [3.05, 3.63) is 184 Å². The maximum atomic E-state index is 12.1. The van der Waals surface area contributed by atoms with Crippen molar-refractivity contribution in [3.63, 3.8) is 0 Å². The normalized spacial score (nSPS) is 12.4. The molecule has 0 spiro atoms. The molecule has 0 saturated heterocycles. The lowest BCUT2D eigenvalue weighted by atomic mass is 9.98. The highest BCUT2D eigenvalue weighted by Gasteiger charge is 2.20. The number of ether oxygens (including phenoxy) is 1. The molecule has 10 heteroatoms. The van der Waals surface area contributed by atoms with Crippen molar-refractivity contribution in [2.75, 3.05) is 0 Å². The molecule has 264 valence electrons. The first kappa shape index (κ1) is 36.3. The maximum Gasteiger partial charge on any atom is 0.137 e. The van der Waals surface area contributed by atoms with Crippen LogP contribution in [-0.2, 0) is 50.4 Å². The smallest absolute Gasteiger partial charge is 0.137 e. The van der Waals surface area contributed by atoms with E-state index in [9.17, 15) is 15.6 Å². The summed E-state index contributed by atoms with van der Waals surface area (Å²) >= 11 is 0. The van der Waals surface area contributed by atoms with Gasteiger partial charge in [-0.2, -0.15) is 10.5 Å². The third-order valence-corrected chi connectivity index (χ3v) is 8.70. The number of phenolic OH excluding ortho intramolecular Hbond substituents is 1. The fraction of sp³-hybridized carbons (Fsp3) is 0.209. The highest BCUT2D eigenvalue weighted by Crippen LogP contribution is 2.31. The third-order valence-electron chi connectivity index (χ3n) is 8.70. The van der Waals surface area contributed by atoms with Gasteiger partial charge in [-0.05, 0) is 79.6 Å². The lowest BCUT2D eigenvalue weighted by Crippen LogP contribution is -2.25. The molecule has 0 aliphatic carbocycles. The summed E-state index contributed by atoms with van der Waals surface area (Å²) in [5, 5.41) is 31.0. The summed E-state index contributed by atoms with van der Waals surface area (Å²) in [5.41, 5.74) is 6.83. The summed E-state index contributed by atoms with van der Waals surface area (Å²) in [6.07, 6.45) is 11.8. The molecule has 1 aliphatic heterocycles. The Morgan fingerprint density at radius 2 is 1.06 bits per heavy atom. The topological polar surface area (TPSA) is 135 Å². The van der Waals surface area contributed by atoms with E-state index in [1.807, 2.05) is 91.9 Å². The number of hydrogen-bond acceptors (Lipinski definition) is 10. The number of benzene rings is 1. The van der Waals surface area contributed by atoms with E-state index in [0.29, 0.717) is 69.2 Å². The van der Waals surface area contributed by atoms with Gasteiger partial charge < -0.3 is 9.84 Å². The summed E-state index contributed by atoms with van der Waals surface area (Å²) in [5.74, 6) is 1.52. The van der Waals surface area contributed by atoms with Crippen LogP contribution in [0.5, 0.6) is 5.75 Å². The van der Waals surface area contributed by atoms with E-state index in [-0.39, 0.29) is 11.3 Å². The monoisotopic (exact) mass is 700 g/mol. The molecule has 0 saturated carbocycles. The number of nitrogens with zero attached hydrogens (tertiary/aromatic N) is 8. The van der Waals surface area contributed by atoms with Crippen molar-refractivity contribution in [3.8, 4) is 17.9 Å². The van der Waals surface area contributed by atoms with Crippen molar-refractivity contribution in [2.24, 2.45) is 0 Å². The molecule has 5 heterocycles. The highest BCUT2D eigenvalue weighted by atomic mass is 16.5. The van der Waals surface area contributed by atoms with Gasteiger partial charge in [-0.3, -0.25) is 29.7 Å². The van der Waals surface area contributed by atoms with Crippen LogP contribution in [0.25, 0.3) is 0 Å². The number of hydrogen-bond donors (Lipinski definition) is 1. The average molecular weight is 701 g/mol. The Labute approximate surface area is 310 Å². The molecule has 0 amide bonds. The van der Waals surface area contributed by atoms with Crippen LogP contribution < -0.4 is 0 Å². The number of aryl methyl sites for hydroxylation is 1. The van der Waals surface area contributed by atoms with E-state index in [1.54, 1.807) is 36.9 Å². The van der Waals surface area contributed by atoms with E-state index in [4.69, 9.17) is 4.74 Å². The minimum Gasteiger partial charge on any atom is -0.507 e. The van der Waals surface area contributed by atoms with Crippen molar-refractivity contribution in [2.45, 2.75) is 59.0 Å². The van der Waals surface area contributed by atoms with Crippen LogP contribution in [0, 0.1) is 22.7 Å². The molecule has 0 fully saturated rings. The van der Waals surface area contributed by atoms with Crippen LogP contribution in [0.4, 0.5) is 0 Å². The van der Waals surface area contributed by atoms with Crippen molar-refractivity contribution < 1.29 is 9.84 Å². The van der Waals surface area contributed by atoms with Gasteiger partial charge in [0, 0.05) is 87.2 Å². The minimum absolute atomic E-state index is 0.0427. The largest absolute Gasteiger partial charge is 0.507 e. The van der Waals surface area contributed by atoms with Gasteiger partial charge in [0.1, 0.15) is 35.0 Å². The first-order valence-electron chi connectivity index (χ1n) is 17.4. The van der Waals surface area contributed by atoms with Gasteiger partial charge >= 0.3 is 0 Å². The van der Waals surface area contributed by atoms with E-state index in [1.165, 1.54) is 0 Å². The molecule has 10 nitrogen and oxygen atoms in total. The fourth-order valence-electron chi connectivity index (χ4n) is 6.31. The number of aromatic hydroxyl groups is 1. The molecule has 0 bridgehead atoms. The lowest BCUT2D eigenvalue weighted by Gasteiger charge is -2.26. The molecule has 0 unspecified atom stereocenters. The number of aromatic nitrogens is 4. The molecule has 1 N–H and O–H groups in total. The van der Waals surface area contributed by atoms with Crippen LogP contribution >= 0.6 is 0 Å². The highest BCUT2D eigenvalue weighted by molar-refractivity contribution is 5.52. The molecule has 5 aromatic rings. The van der Waals surface area contributed by atoms with Crippen LogP contribution in [0.15, 0.2) is 145 Å². The summed E-state index contributed by atoms with van der Waals surface area (Å²) in [4.78, 5) is 22.8. The minimum atomic E-state index is 0.0427. The number of pyridine rings is 4. The number of phenols is 1. The zero-order valence-electron chi connectivity index (χ0n) is 29.6. The van der Waals surface area contributed by atoms with E-state index in [2.05, 4.69) is 41.9 Å². The first-order valence-corrected chi connectivity index (χ1v) is 17.4. The number of rotatable bonds is 15. The molecular formula is C43H40N8O2. The van der Waals surface area contributed by atoms with Crippen LogP contribution in [0.1, 0.15) is 52.8 Å². The summed E-state index contributed by atoms with van der Waals surface area (Å²) in [6.45, 7) is 4.94. The second kappa shape index (κ2) is 18.2. The van der Waals surface area contributed by atoms with Crippen molar-refractivity contribution in [1.29, 1.82) is 10.5 Å². The van der Waals surface area contributed by atoms with Gasteiger partial charge in [0.25, 0.3) is 0 Å². The Kier molecular flexibility index (Phi) is 12.4. The van der Waals surface area contributed by atoms with E-state index < -0.39 is 0 Å². The third kappa shape index (κ3) is 10.5. The summed E-state index contributed by atoms with van der Waals surface area (Å²) in [7, 11) is 0. The van der Waals surface area contributed by atoms with Gasteiger partial charge in [0.15, 0.2) is 0 Å². The Morgan fingerprint density at radius 3 is 1.43 bits per heavy atom. The van der Waals surface area contributed by atoms with Gasteiger partial charge in [0.05, 0.1) is 22.8 Å². The van der Waals surface area contributed by atoms with Crippen LogP contribution in [0.3, 0.4) is 0 Å². The lowest BCUT2D eigenvalue weighted by molar-refractivity contribution is 0.231. The predicted octanol–water partition coefficient (Wildman–Crippen LogP) is 7.47.